The minimum absolute atomic E-state index is 0.0308. The molecule has 2 heterocycles. The third-order valence-corrected chi connectivity index (χ3v) is 7.57. The van der Waals surface area contributed by atoms with Crippen LogP contribution in [0.2, 0.25) is 0 Å². The van der Waals surface area contributed by atoms with Crippen LogP contribution >= 0.6 is 0 Å². The first-order valence-electron chi connectivity index (χ1n) is 11.8. The summed E-state index contributed by atoms with van der Waals surface area (Å²) in [5.41, 5.74) is 6.01. The summed E-state index contributed by atoms with van der Waals surface area (Å²) < 4.78 is 0. The molecule has 0 unspecified atom stereocenters. The molecule has 1 saturated carbocycles. The van der Waals surface area contributed by atoms with Crippen molar-refractivity contribution < 1.29 is 4.79 Å². The van der Waals surface area contributed by atoms with Crippen LogP contribution in [0.1, 0.15) is 55.2 Å². The largest absolute Gasteiger partial charge is 0.311 e. The molecule has 158 valence electrons. The van der Waals surface area contributed by atoms with E-state index in [0.717, 1.165) is 61.6 Å². The van der Waals surface area contributed by atoms with Gasteiger partial charge in [-0.2, -0.15) is 0 Å². The van der Waals surface area contributed by atoms with Gasteiger partial charge in [0, 0.05) is 29.6 Å². The Bertz CT molecular complexity index is 1080. The zero-order valence-corrected chi connectivity index (χ0v) is 18.0. The average Bonchev–Trinajstić information content (AvgIpc) is 2.82. The first-order chi connectivity index (χ1) is 15.3. The van der Waals surface area contributed by atoms with E-state index in [1.807, 2.05) is 23.1 Å². The maximum atomic E-state index is 14.3. The number of amides is 1. The average molecular weight is 412 g/mol. The van der Waals surface area contributed by atoms with Crippen LogP contribution in [-0.4, -0.2) is 34.8 Å². The molecule has 1 amide bonds. The summed E-state index contributed by atoms with van der Waals surface area (Å²) in [7, 11) is 0. The van der Waals surface area contributed by atoms with Crippen molar-refractivity contribution in [3.8, 4) is 0 Å². The highest BCUT2D eigenvalue weighted by Crippen LogP contribution is 2.54. The van der Waals surface area contributed by atoms with Crippen molar-refractivity contribution in [1.82, 2.24) is 9.80 Å². The van der Waals surface area contributed by atoms with Gasteiger partial charge in [0.15, 0.2) is 0 Å². The zero-order chi connectivity index (χ0) is 20.8. The lowest BCUT2D eigenvalue weighted by atomic mass is 9.61. The third-order valence-electron chi connectivity index (χ3n) is 7.57. The number of carbonyl (C=O) groups is 1. The Morgan fingerprint density at radius 3 is 2.52 bits per heavy atom. The fourth-order valence-corrected chi connectivity index (χ4v) is 6.18. The maximum Gasteiger partial charge on any atom is 0.259 e. The van der Waals surface area contributed by atoms with Gasteiger partial charge in [-0.1, -0.05) is 73.9 Å². The number of fused-ring (bicyclic) bond motifs is 5. The molecule has 2 aliphatic heterocycles. The zero-order valence-electron chi connectivity index (χ0n) is 18.0. The molecule has 0 N–H and O–H groups in total. The summed E-state index contributed by atoms with van der Waals surface area (Å²) >= 11 is 0. The van der Waals surface area contributed by atoms with Gasteiger partial charge >= 0.3 is 0 Å². The first-order valence-corrected chi connectivity index (χ1v) is 11.8. The number of hydrogen-bond acceptors (Lipinski definition) is 3. The molecular weight excluding hydrogens is 382 g/mol. The fourth-order valence-electron chi connectivity index (χ4n) is 6.18. The molecule has 1 fully saturated rings. The molecule has 0 saturated heterocycles. The van der Waals surface area contributed by atoms with Gasteiger partial charge < -0.3 is 4.90 Å². The minimum atomic E-state index is -0.0308. The summed E-state index contributed by atoms with van der Waals surface area (Å²) in [5, 5.41) is 0. The maximum absolute atomic E-state index is 14.3. The molecule has 0 bridgehead atoms. The number of rotatable bonds is 2. The van der Waals surface area contributed by atoms with E-state index in [1.165, 1.54) is 30.4 Å². The van der Waals surface area contributed by atoms with E-state index in [0.29, 0.717) is 6.54 Å². The van der Waals surface area contributed by atoms with Crippen LogP contribution < -0.4 is 0 Å². The van der Waals surface area contributed by atoms with Crippen LogP contribution in [0.4, 0.5) is 0 Å². The molecule has 0 aromatic heterocycles. The molecule has 4 aliphatic rings. The second-order valence-corrected chi connectivity index (χ2v) is 9.46. The van der Waals surface area contributed by atoms with Gasteiger partial charge in [0.1, 0.15) is 0 Å². The van der Waals surface area contributed by atoms with E-state index < -0.39 is 0 Å². The van der Waals surface area contributed by atoms with E-state index in [4.69, 9.17) is 4.99 Å². The molecule has 4 nitrogen and oxygen atoms in total. The highest BCUT2D eigenvalue weighted by atomic mass is 16.2. The third kappa shape index (κ3) is 2.95. The second-order valence-electron chi connectivity index (χ2n) is 9.46. The number of hydrogen-bond donors (Lipinski definition) is 0. The topological polar surface area (TPSA) is 35.9 Å². The highest BCUT2D eigenvalue weighted by molar-refractivity contribution is 6.17. The van der Waals surface area contributed by atoms with Crippen molar-refractivity contribution in [2.24, 2.45) is 10.4 Å². The Hall–Kier alpha value is -2.88. The summed E-state index contributed by atoms with van der Waals surface area (Å²) in [6.45, 7) is 2.31. The van der Waals surface area contributed by atoms with Gasteiger partial charge in [-0.25, -0.2) is 0 Å². The van der Waals surface area contributed by atoms with Gasteiger partial charge in [-0.3, -0.25) is 14.7 Å². The Labute approximate surface area is 184 Å². The Kier molecular flexibility index (Phi) is 4.48. The highest BCUT2D eigenvalue weighted by Gasteiger charge is 2.51. The van der Waals surface area contributed by atoms with Gasteiger partial charge in [0.25, 0.3) is 5.91 Å². The lowest BCUT2D eigenvalue weighted by Gasteiger charge is -2.51. The molecule has 2 aliphatic carbocycles. The summed E-state index contributed by atoms with van der Waals surface area (Å²) in [6.07, 6.45) is 7.97. The molecule has 0 atom stereocenters. The molecule has 2 aromatic rings. The summed E-state index contributed by atoms with van der Waals surface area (Å²) in [6, 6.07) is 19.1. The van der Waals surface area contributed by atoms with Gasteiger partial charge in [-0.05, 0) is 36.8 Å². The predicted octanol–water partition coefficient (Wildman–Crippen LogP) is 5.01. The van der Waals surface area contributed by atoms with Crippen LogP contribution in [0.5, 0.6) is 0 Å². The Morgan fingerprint density at radius 2 is 1.68 bits per heavy atom. The number of nitrogens with zero attached hydrogens (tertiary/aromatic N) is 3. The van der Waals surface area contributed by atoms with Crippen LogP contribution in [0.15, 0.2) is 65.2 Å². The molecule has 6 rings (SSSR count). The van der Waals surface area contributed by atoms with Gasteiger partial charge in [0.05, 0.1) is 12.2 Å². The molecule has 2 aromatic carbocycles. The van der Waals surface area contributed by atoms with Crippen molar-refractivity contribution in [1.29, 1.82) is 0 Å². The van der Waals surface area contributed by atoms with E-state index in [1.54, 1.807) is 0 Å². The number of guanidine groups is 1. The number of carbonyl (C=O) groups excluding carboxylic acids is 1. The van der Waals surface area contributed by atoms with Crippen LogP contribution in [0.25, 0.3) is 5.70 Å². The molecule has 1 spiro atoms. The van der Waals surface area contributed by atoms with E-state index in [2.05, 4.69) is 41.3 Å². The number of benzene rings is 2. The fraction of sp³-hybridized carbons (Fsp3) is 0.407. The monoisotopic (exact) mass is 411 g/mol. The van der Waals surface area contributed by atoms with Gasteiger partial charge in [0.2, 0.25) is 5.96 Å². The van der Waals surface area contributed by atoms with Crippen molar-refractivity contribution in [3.05, 3.63) is 76.9 Å². The van der Waals surface area contributed by atoms with Crippen LogP contribution in [0.3, 0.4) is 0 Å². The van der Waals surface area contributed by atoms with Crippen LogP contribution in [-0.2, 0) is 17.8 Å². The van der Waals surface area contributed by atoms with E-state index in [9.17, 15) is 4.79 Å². The standard InChI is InChI=1S/C27H29N3O/c31-25-23-24(22-13-6-5-12-21(22)18-27(23)14-7-2-8-15-27)29-17-9-16-28-26(29)30(25)19-20-10-3-1-4-11-20/h1,3-6,10-13H,2,7-9,14-19H2. The molecule has 0 radical (unpaired) electrons. The Balaban J connectivity index is 1.55. The second kappa shape index (κ2) is 7.37. The van der Waals surface area contributed by atoms with Crippen molar-refractivity contribution in [3.63, 3.8) is 0 Å². The van der Waals surface area contributed by atoms with Crippen molar-refractivity contribution >= 4 is 17.6 Å². The van der Waals surface area contributed by atoms with Crippen molar-refractivity contribution in [2.45, 2.75) is 51.5 Å². The molecule has 31 heavy (non-hydrogen) atoms. The van der Waals surface area contributed by atoms with Crippen LogP contribution in [0, 0.1) is 5.41 Å². The predicted molar refractivity (Wildman–Crippen MR) is 123 cm³/mol. The number of aliphatic imine (C=N–C) groups is 1. The lowest BCUT2D eigenvalue weighted by molar-refractivity contribution is -0.126. The normalized spacial score (nSPS) is 22.1. The van der Waals surface area contributed by atoms with E-state index in [-0.39, 0.29) is 11.3 Å². The molecular formula is C27H29N3O. The lowest BCUT2D eigenvalue weighted by Crippen LogP contribution is -2.57. The van der Waals surface area contributed by atoms with Gasteiger partial charge in [-0.15, -0.1) is 0 Å². The molecule has 4 heteroatoms. The summed E-state index contributed by atoms with van der Waals surface area (Å²) in [5.74, 6) is 1.04. The van der Waals surface area contributed by atoms with Crippen molar-refractivity contribution in [2.75, 3.05) is 13.1 Å². The summed E-state index contributed by atoms with van der Waals surface area (Å²) in [4.78, 5) is 23.5. The Morgan fingerprint density at radius 1 is 0.903 bits per heavy atom. The minimum Gasteiger partial charge on any atom is -0.311 e. The quantitative estimate of drug-likeness (QED) is 0.697. The SMILES string of the molecule is O=C1C2=C(c3ccccc3CC23CCCCC3)N2CCCN=C2N1Cc1ccccc1. The smallest absolute Gasteiger partial charge is 0.259 e. The van der Waals surface area contributed by atoms with E-state index >= 15 is 0 Å². The first kappa shape index (κ1) is 18.9.